The van der Waals surface area contributed by atoms with Crippen LogP contribution in [0, 0.1) is 6.92 Å². The van der Waals surface area contributed by atoms with Crippen LogP contribution in [0.5, 0.6) is 5.75 Å². The third-order valence-electron chi connectivity index (χ3n) is 2.51. The fourth-order valence-corrected chi connectivity index (χ4v) is 2.02. The molecule has 18 heavy (non-hydrogen) atoms. The third kappa shape index (κ3) is 3.15. The number of aryl methyl sites for hydroxylation is 1. The van der Waals surface area contributed by atoms with Crippen molar-refractivity contribution in [2.45, 2.75) is 13.5 Å². The monoisotopic (exact) mass is 326 g/mol. The molecule has 0 bridgehead atoms. The first-order chi connectivity index (χ1) is 8.56. The van der Waals surface area contributed by atoms with Gasteiger partial charge in [0.25, 0.3) is 0 Å². The lowest BCUT2D eigenvalue weighted by molar-refractivity contribution is 0.469. The van der Waals surface area contributed by atoms with Gasteiger partial charge in [0, 0.05) is 12.1 Å². The summed E-state index contributed by atoms with van der Waals surface area (Å²) in [6.45, 7) is 2.52. The largest absolute Gasteiger partial charge is 0.508 e. The zero-order valence-corrected chi connectivity index (χ0v) is 12.1. The van der Waals surface area contributed by atoms with Gasteiger partial charge in [0.05, 0.1) is 16.4 Å². The molecule has 0 amide bonds. The Morgan fingerprint density at radius 2 is 2.17 bits per heavy atom. The van der Waals surface area contributed by atoms with Crippen molar-refractivity contribution in [1.29, 1.82) is 0 Å². The van der Waals surface area contributed by atoms with E-state index < -0.39 is 0 Å². The molecule has 3 nitrogen and oxygen atoms in total. The van der Waals surface area contributed by atoms with Gasteiger partial charge in [-0.25, -0.2) is 4.98 Å². The lowest BCUT2D eigenvalue weighted by atomic mass is 10.1. The highest BCUT2D eigenvalue weighted by Crippen LogP contribution is 2.24. The molecule has 2 rings (SSSR count). The van der Waals surface area contributed by atoms with Gasteiger partial charge in [-0.3, -0.25) is 0 Å². The fraction of sp³-hybridized carbons (Fsp3) is 0.154. The van der Waals surface area contributed by atoms with Crippen molar-refractivity contribution in [2.24, 2.45) is 0 Å². The van der Waals surface area contributed by atoms with E-state index in [1.807, 2.05) is 25.1 Å². The number of nitrogens with one attached hydrogen (secondary N) is 1. The van der Waals surface area contributed by atoms with Crippen LogP contribution in [0.2, 0.25) is 5.15 Å². The van der Waals surface area contributed by atoms with Crippen LogP contribution in [0.4, 0.5) is 5.69 Å². The van der Waals surface area contributed by atoms with E-state index >= 15 is 0 Å². The highest BCUT2D eigenvalue weighted by atomic mass is 79.9. The molecule has 0 fully saturated rings. The molecule has 1 aromatic carbocycles. The number of halogens is 2. The third-order valence-corrected chi connectivity index (χ3v) is 3.65. The molecular formula is C13H12BrClN2O. The van der Waals surface area contributed by atoms with E-state index in [0.717, 1.165) is 21.3 Å². The molecule has 94 valence electrons. The number of hydrogen-bond acceptors (Lipinski definition) is 3. The fourth-order valence-electron chi connectivity index (χ4n) is 1.57. The molecule has 0 atom stereocenters. The first-order valence-corrected chi connectivity index (χ1v) is 6.57. The number of aromatic hydroxyl groups is 1. The Bertz CT molecular complexity index is 575. The quantitative estimate of drug-likeness (QED) is 0.833. The number of benzene rings is 1. The molecule has 0 aliphatic heterocycles. The van der Waals surface area contributed by atoms with Gasteiger partial charge >= 0.3 is 0 Å². The number of pyridine rings is 1. The zero-order valence-electron chi connectivity index (χ0n) is 9.74. The van der Waals surface area contributed by atoms with Crippen LogP contribution in [-0.2, 0) is 6.54 Å². The molecule has 5 heteroatoms. The Morgan fingerprint density at radius 3 is 2.89 bits per heavy atom. The van der Waals surface area contributed by atoms with Crippen LogP contribution in [0.15, 0.2) is 34.9 Å². The van der Waals surface area contributed by atoms with Crippen molar-refractivity contribution in [3.05, 3.63) is 51.2 Å². The highest BCUT2D eigenvalue weighted by Gasteiger charge is 2.03. The molecular weight excluding hydrogens is 316 g/mol. The van der Waals surface area contributed by atoms with E-state index in [1.165, 1.54) is 0 Å². The number of aromatic nitrogens is 1. The summed E-state index contributed by atoms with van der Waals surface area (Å²) >= 11 is 9.13. The van der Waals surface area contributed by atoms with Gasteiger partial charge in [-0.2, -0.15) is 0 Å². The van der Waals surface area contributed by atoms with E-state index in [-0.39, 0.29) is 5.75 Å². The van der Waals surface area contributed by atoms with Gasteiger partial charge in [-0.05, 0) is 35.0 Å². The second-order valence-electron chi connectivity index (χ2n) is 3.98. The van der Waals surface area contributed by atoms with Crippen LogP contribution >= 0.6 is 27.5 Å². The average molecular weight is 328 g/mol. The minimum absolute atomic E-state index is 0.286. The summed E-state index contributed by atoms with van der Waals surface area (Å²) in [6, 6.07) is 7.37. The predicted octanol–water partition coefficient (Wildman–Crippen LogP) is 4.12. The van der Waals surface area contributed by atoms with Crippen molar-refractivity contribution < 1.29 is 5.11 Å². The molecule has 0 saturated carbocycles. The van der Waals surface area contributed by atoms with Gasteiger partial charge in [-0.15, -0.1) is 0 Å². The zero-order chi connectivity index (χ0) is 13.1. The van der Waals surface area contributed by atoms with Gasteiger partial charge < -0.3 is 10.4 Å². The Morgan fingerprint density at radius 1 is 1.39 bits per heavy atom. The molecule has 0 radical (unpaired) electrons. The Hall–Kier alpha value is -1.26. The van der Waals surface area contributed by atoms with Gasteiger partial charge in [0.1, 0.15) is 10.9 Å². The molecule has 1 heterocycles. The molecule has 0 saturated heterocycles. The van der Waals surface area contributed by atoms with Crippen molar-refractivity contribution in [2.75, 3.05) is 5.32 Å². The number of phenolic OH excluding ortho intramolecular Hbond substituents is 1. The highest BCUT2D eigenvalue weighted by molar-refractivity contribution is 9.10. The minimum atomic E-state index is 0.286. The maximum absolute atomic E-state index is 9.73. The molecule has 2 aromatic rings. The van der Waals surface area contributed by atoms with Crippen molar-refractivity contribution in [3.63, 3.8) is 0 Å². The number of hydrogen-bond donors (Lipinski definition) is 2. The van der Waals surface area contributed by atoms with E-state index in [9.17, 15) is 5.11 Å². The van der Waals surface area contributed by atoms with E-state index in [1.54, 1.807) is 12.3 Å². The van der Waals surface area contributed by atoms with Crippen molar-refractivity contribution in [1.82, 2.24) is 4.98 Å². The van der Waals surface area contributed by atoms with Gasteiger partial charge in [-0.1, -0.05) is 29.3 Å². The average Bonchev–Trinajstić information content (AvgIpc) is 2.34. The summed E-state index contributed by atoms with van der Waals surface area (Å²) in [6.07, 6.45) is 1.65. The summed E-state index contributed by atoms with van der Waals surface area (Å²) in [4.78, 5) is 4.02. The number of phenols is 1. The Labute approximate surface area is 119 Å². The lowest BCUT2D eigenvalue weighted by Crippen LogP contribution is -2.00. The van der Waals surface area contributed by atoms with E-state index in [0.29, 0.717) is 11.7 Å². The molecule has 0 unspecified atom stereocenters. The second kappa shape index (κ2) is 5.59. The molecule has 0 aliphatic carbocycles. The summed E-state index contributed by atoms with van der Waals surface area (Å²) in [7, 11) is 0. The normalized spacial score (nSPS) is 10.4. The second-order valence-corrected chi connectivity index (χ2v) is 5.19. The van der Waals surface area contributed by atoms with Crippen LogP contribution in [0.25, 0.3) is 0 Å². The van der Waals surface area contributed by atoms with E-state index in [4.69, 9.17) is 11.6 Å². The summed E-state index contributed by atoms with van der Waals surface area (Å²) in [5.74, 6) is 0.286. The Balaban J connectivity index is 2.11. The molecule has 1 aromatic heterocycles. The summed E-state index contributed by atoms with van der Waals surface area (Å²) in [5, 5.41) is 13.3. The van der Waals surface area contributed by atoms with Gasteiger partial charge in [0.2, 0.25) is 0 Å². The van der Waals surface area contributed by atoms with Crippen molar-refractivity contribution in [3.8, 4) is 5.75 Å². The summed E-state index contributed by atoms with van der Waals surface area (Å²) < 4.78 is 0.739. The molecule has 2 N–H and O–H groups in total. The Kier molecular flexibility index (Phi) is 4.09. The maximum Gasteiger partial charge on any atom is 0.143 e. The van der Waals surface area contributed by atoms with Crippen LogP contribution in [0.1, 0.15) is 11.1 Å². The summed E-state index contributed by atoms with van der Waals surface area (Å²) in [5.41, 5.74) is 2.80. The number of anilines is 1. The SMILES string of the molecule is Cc1ccc(O)c(CNc2cnc(Cl)c(Br)c2)c1. The topological polar surface area (TPSA) is 45.1 Å². The van der Waals surface area contributed by atoms with Crippen LogP contribution in [0.3, 0.4) is 0 Å². The minimum Gasteiger partial charge on any atom is -0.508 e. The van der Waals surface area contributed by atoms with Gasteiger partial charge in [0.15, 0.2) is 0 Å². The predicted molar refractivity (Wildman–Crippen MR) is 77.1 cm³/mol. The number of nitrogens with zero attached hydrogens (tertiary/aromatic N) is 1. The molecule has 0 aliphatic rings. The van der Waals surface area contributed by atoms with Crippen LogP contribution < -0.4 is 5.32 Å². The van der Waals surface area contributed by atoms with E-state index in [2.05, 4.69) is 26.2 Å². The smallest absolute Gasteiger partial charge is 0.143 e. The maximum atomic E-state index is 9.73. The first kappa shape index (κ1) is 13.2. The molecule has 0 spiro atoms. The van der Waals surface area contributed by atoms with Crippen molar-refractivity contribution >= 4 is 33.2 Å². The van der Waals surface area contributed by atoms with Crippen LogP contribution in [-0.4, -0.2) is 10.1 Å². The standard InChI is InChI=1S/C13H12BrClN2O/c1-8-2-3-12(18)9(4-8)6-16-10-5-11(14)13(15)17-7-10/h2-5,7,16,18H,6H2,1H3. The first-order valence-electron chi connectivity index (χ1n) is 5.39. The number of rotatable bonds is 3. The lowest BCUT2D eigenvalue weighted by Gasteiger charge is -2.09.